The van der Waals surface area contributed by atoms with Crippen LogP contribution < -0.4 is 5.32 Å². The molecule has 0 aromatic heterocycles. The zero-order valence-corrected chi connectivity index (χ0v) is 22.2. The highest BCUT2D eigenvalue weighted by Crippen LogP contribution is 2.44. The summed E-state index contributed by atoms with van der Waals surface area (Å²) in [4.78, 5) is 13.5. The van der Waals surface area contributed by atoms with Crippen LogP contribution in [0.2, 0.25) is 18.1 Å². The molecule has 2 aromatic carbocycles. The van der Waals surface area contributed by atoms with E-state index in [0.29, 0.717) is 13.2 Å². The van der Waals surface area contributed by atoms with E-state index in [-0.39, 0.29) is 28.8 Å². The van der Waals surface area contributed by atoms with Crippen LogP contribution in [-0.2, 0) is 20.6 Å². The highest BCUT2D eigenvalue weighted by Gasteiger charge is 2.43. The fraction of sp³-hybridized carbons (Fsp3) is 0.536. The summed E-state index contributed by atoms with van der Waals surface area (Å²) in [6.07, 6.45) is 3.11. The van der Waals surface area contributed by atoms with Gasteiger partial charge in [0.25, 0.3) is 0 Å². The van der Waals surface area contributed by atoms with Crippen LogP contribution in [0.15, 0.2) is 54.6 Å². The fourth-order valence-electron chi connectivity index (χ4n) is 4.46. The monoisotopic (exact) mass is 467 g/mol. The molecule has 0 radical (unpaired) electrons. The number of benzene rings is 2. The molecule has 33 heavy (non-hydrogen) atoms. The van der Waals surface area contributed by atoms with Crippen molar-refractivity contribution in [3.05, 3.63) is 65.7 Å². The number of ether oxygens (including phenoxy) is 1. The Kier molecular flexibility index (Phi) is 8.41. The van der Waals surface area contributed by atoms with Gasteiger partial charge in [-0.05, 0) is 66.1 Å². The summed E-state index contributed by atoms with van der Waals surface area (Å²) in [7, 11) is 0.0257. The summed E-state index contributed by atoms with van der Waals surface area (Å²) in [6, 6.07) is 18.4. The van der Waals surface area contributed by atoms with Crippen LogP contribution in [0.4, 0.5) is 5.69 Å². The van der Waals surface area contributed by atoms with Gasteiger partial charge < -0.3 is 14.5 Å². The van der Waals surface area contributed by atoms with Crippen molar-refractivity contribution in [2.24, 2.45) is 11.8 Å². The van der Waals surface area contributed by atoms with Gasteiger partial charge in [0.15, 0.2) is 8.32 Å². The van der Waals surface area contributed by atoms with E-state index in [1.54, 1.807) is 0 Å². The molecular formula is C28H41NO3Si. The number of hydrogen-bond donors (Lipinski definition) is 1. The third kappa shape index (κ3) is 6.48. The van der Waals surface area contributed by atoms with Gasteiger partial charge >= 0.3 is 5.97 Å². The normalized spacial score (nSPS) is 21.5. The van der Waals surface area contributed by atoms with E-state index in [4.69, 9.17) is 9.16 Å². The number of anilines is 1. The van der Waals surface area contributed by atoms with Crippen LogP contribution in [0.1, 0.15) is 57.1 Å². The lowest BCUT2D eigenvalue weighted by Gasteiger charge is -2.41. The standard InChI is InChI=1S/C28H41NO3Si/c1-28(2,3)33(5,6)32-20-23-13-10-14-25(22-15-17-24(29-4)18-16-22)26(23)27(30)31-19-21-11-8-7-9-12-21/h7-9,11-12,15-18,23,25-26,29H,10,13-14,19-20H2,1-6H3/t23-,25+,26+/m1/s1. The molecule has 0 bridgehead atoms. The summed E-state index contributed by atoms with van der Waals surface area (Å²) in [5, 5.41) is 3.33. The van der Waals surface area contributed by atoms with Crippen molar-refractivity contribution in [3.8, 4) is 0 Å². The molecule has 0 amide bonds. The van der Waals surface area contributed by atoms with Gasteiger partial charge in [-0.2, -0.15) is 0 Å². The summed E-state index contributed by atoms with van der Waals surface area (Å²) in [6.45, 7) is 12.3. The van der Waals surface area contributed by atoms with E-state index in [1.165, 1.54) is 5.56 Å². The van der Waals surface area contributed by atoms with Crippen LogP contribution in [0.5, 0.6) is 0 Å². The lowest BCUT2D eigenvalue weighted by atomic mass is 9.69. The Morgan fingerprint density at radius 3 is 2.30 bits per heavy atom. The molecule has 1 aliphatic carbocycles. The van der Waals surface area contributed by atoms with E-state index in [0.717, 1.165) is 30.5 Å². The van der Waals surface area contributed by atoms with Crippen molar-refractivity contribution >= 4 is 20.0 Å². The number of rotatable bonds is 8. The predicted molar refractivity (Wildman–Crippen MR) is 139 cm³/mol. The van der Waals surface area contributed by atoms with Crippen LogP contribution in [0.25, 0.3) is 0 Å². The topological polar surface area (TPSA) is 47.6 Å². The Morgan fingerprint density at radius 2 is 1.70 bits per heavy atom. The third-order valence-corrected chi connectivity index (χ3v) is 12.1. The first kappa shape index (κ1) is 25.5. The Balaban J connectivity index is 1.82. The Morgan fingerprint density at radius 1 is 1.03 bits per heavy atom. The first-order chi connectivity index (χ1) is 15.6. The molecule has 2 aromatic rings. The molecule has 3 rings (SSSR count). The van der Waals surface area contributed by atoms with Crippen molar-refractivity contribution in [2.45, 2.75) is 70.7 Å². The Bertz CT molecular complexity index is 890. The van der Waals surface area contributed by atoms with Gasteiger partial charge in [-0.15, -0.1) is 0 Å². The van der Waals surface area contributed by atoms with Crippen molar-refractivity contribution < 1.29 is 14.0 Å². The maximum Gasteiger partial charge on any atom is 0.310 e. The second-order valence-electron chi connectivity index (χ2n) is 10.9. The molecule has 0 spiro atoms. The van der Waals surface area contributed by atoms with E-state index >= 15 is 0 Å². The maximum atomic E-state index is 13.5. The van der Waals surface area contributed by atoms with E-state index in [2.05, 4.69) is 63.4 Å². The minimum Gasteiger partial charge on any atom is -0.461 e. The van der Waals surface area contributed by atoms with Crippen molar-refractivity contribution in [2.75, 3.05) is 19.0 Å². The molecule has 1 N–H and O–H groups in total. The molecule has 1 fully saturated rings. The highest BCUT2D eigenvalue weighted by atomic mass is 28.4. The summed E-state index contributed by atoms with van der Waals surface area (Å²) in [5.74, 6) is 0.0452. The molecular weight excluding hydrogens is 426 g/mol. The molecule has 0 aliphatic heterocycles. The van der Waals surface area contributed by atoms with Crippen LogP contribution in [-0.4, -0.2) is 27.9 Å². The van der Waals surface area contributed by atoms with E-state index in [1.807, 2.05) is 37.4 Å². The average Bonchev–Trinajstić information content (AvgIpc) is 2.81. The Hall–Kier alpha value is -2.11. The van der Waals surface area contributed by atoms with Gasteiger partial charge in [-0.3, -0.25) is 4.79 Å². The molecule has 1 aliphatic rings. The van der Waals surface area contributed by atoms with Crippen molar-refractivity contribution in [1.82, 2.24) is 0 Å². The van der Waals surface area contributed by atoms with E-state index in [9.17, 15) is 4.79 Å². The molecule has 1 saturated carbocycles. The van der Waals surface area contributed by atoms with Gasteiger partial charge in [-0.25, -0.2) is 0 Å². The smallest absolute Gasteiger partial charge is 0.310 e. The van der Waals surface area contributed by atoms with Crippen molar-refractivity contribution in [3.63, 3.8) is 0 Å². The van der Waals surface area contributed by atoms with Gasteiger partial charge in [-0.1, -0.05) is 69.7 Å². The number of hydrogen-bond acceptors (Lipinski definition) is 4. The number of carbonyl (C=O) groups is 1. The van der Waals surface area contributed by atoms with Gasteiger partial charge in [0, 0.05) is 19.3 Å². The number of esters is 1. The molecule has 4 nitrogen and oxygen atoms in total. The molecule has 180 valence electrons. The molecule has 5 heteroatoms. The zero-order chi connectivity index (χ0) is 24.1. The molecule has 0 unspecified atom stereocenters. The third-order valence-electron chi connectivity index (χ3n) is 7.62. The summed E-state index contributed by atoms with van der Waals surface area (Å²) >= 11 is 0. The highest BCUT2D eigenvalue weighted by molar-refractivity contribution is 6.74. The lowest BCUT2D eigenvalue weighted by molar-refractivity contribution is -0.155. The molecule has 0 heterocycles. The largest absolute Gasteiger partial charge is 0.461 e. The van der Waals surface area contributed by atoms with Gasteiger partial charge in [0.1, 0.15) is 6.61 Å². The van der Waals surface area contributed by atoms with Gasteiger partial charge in [0.2, 0.25) is 0 Å². The van der Waals surface area contributed by atoms with Gasteiger partial charge in [0.05, 0.1) is 5.92 Å². The Labute approximate surface area is 201 Å². The zero-order valence-electron chi connectivity index (χ0n) is 21.2. The van der Waals surface area contributed by atoms with Crippen LogP contribution in [0, 0.1) is 11.8 Å². The number of carbonyl (C=O) groups excluding carboxylic acids is 1. The SMILES string of the molecule is CNc1ccc([C@@H]2CCC[C@H](CO[Si](C)(C)C(C)(C)C)[C@@H]2C(=O)OCc2ccccc2)cc1. The first-order valence-corrected chi connectivity index (χ1v) is 15.2. The summed E-state index contributed by atoms with van der Waals surface area (Å²) in [5.41, 5.74) is 3.31. The van der Waals surface area contributed by atoms with E-state index < -0.39 is 8.32 Å². The predicted octanol–water partition coefficient (Wildman–Crippen LogP) is 6.99. The van der Waals surface area contributed by atoms with Crippen LogP contribution in [0.3, 0.4) is 0 Å². The minimum absolute atomic E-state index is 0.0925. The minimum atomic E-state index is -1.90. The average molecular weight is 468 g/mol. The second kappa shape index (κ2) is 10.9. The second-order valence-corrected chi connectivity index (χ2v) is 15.7. The maximum absolute atomic E-state index is 13.5. The number of nitrogens with one attached hydrogen (secondary N) is 1. The first-order valence-electron chi connectivity index (χ1n) is 12.2. The molecule has 0 saturated heterocycles. The molecule has 3 atom stereocenters. The fourth-order valence-corrected chi connectivity index (χ4v) is 5.52. The summed E-state index contributed by atoms with van der Waals surface area (Å²) < 4.78 is 12.5. The van der Waals surface area contributed by atoms with Crippen LogP contribution >= 0.6 is 0 Å². The van der Waals surface area contributed by atoms with Crippen molar-refractivity contribution in [1.29, 1.82) is 0 Å². The lowest BCUT2D eigenvalue weighted by Crippen LogP contribution is -2.44. The quantitative estimate of drug-likeness (QED) is 0.336.